The Kier molecular flexibility index (Phi) is 7.03. The summed E-state index contributed by atoms with van der Waals surface area (Å²) in [5.74, 6) is 0. The third kappa shape index (κ3) is 4.69. The summed E-state index contributed by atoms with van der Waals surface area (Å²) in [5.41, 5.74) is 14.7. The van der Waals surface area contributed by atoms with Gasteiger partial charge in [-0.3, -0.25) is 0 Å². The van der Waals surface area contributed by atoms with Crippen LogP contribution in [0.25, 0.3) is 60.5 Å². The van der Waals surface area contributed by atoms with Gasteiger partial charge >= 0.3 is 0 Å². The van der Waals surface area contributed by atoms with Crippen molar-refractivity contribution in [2.24, 2.45) is 0 Å². The molecule has 0 unspecified atom stereocenters. The first kappa shape index (κ1) is 30.9. The maximum atomic E-state index is 3.76. The molecule has 0 spiro atoms. The van der Waals surface area contributed by atoms with Gasteiger partial charge in [0.2, 0.25) is 0 Å². The average molecular weight is 732 g/mol. The molecule has 8 aromatic carbocycles. The van der Waals surface area contributed by atoms with Gasteiger partial charge in [0.1, 0.15) is 0 Å². The molecular weight excluding hydrogens is 696 g/mol. The number of anilines is 3. The molecule has 0 saturated carbocycles. The van der Waals surface area contributed by atoms with Gasteiger partial charge in [-0.25, -0.2) is 0 Å². The van der Waals surface area contributed by atoms with Crippen LogP contribution in [-0.4, -0.2) is 4.57 Å². The molecule has 0 N–H and O–H groups in total. The number of rotatable bonds is 5. The molecule has 1 aliphatic rings. The van der Waals surface area contributed by atoms with Crippen LogP contribution in [0.1, 0.15) is 25.0 Å². The highest BCUT2D eigenvalue weighted by Gasteiger charge is 2.35. The molecule has 9 aromatic rings. The zero-order valence-corrected chi connectivity index (χ0v) is 30.6. The number of hydrogen-bond acceptors (Lipinski definition) is 1. The number of halogens is 1. The van der Waals surface area contributed by atoms with Crippen molar-refractivity contribution in [2.45, 2.75) is 19.3 Å². The SMILES string of the molecule is CC1(C)c2ccccc2-c2cc(N(c3ccc(-c4ccc(Br)c5ccccc45)cc3)c3ccc4c(c3)c3ccccc3n4-c3ccccc3)ccc21. The Morgan fingerprint density at radius 3 is 1.88 bits per heavy atom. The Morgan fingerprint density at radius 2 is 1.06 bits per heavy atom. The summed E-state index contributed by atoms with van der Waals surface area (Å²) < 4.78 is 3.49. The fourth-order valence-electron chi connectivity index (χ4n) is 8.55. The van der Waals surface area contributed by atoms with Crippen molar-refractivity contribution in [3.63, 3.8) is 0 Å². The Balaban J connectivity index is 1.17. The lowest BCUT2D eigenvalue weighted by Crippen LogP contribution is -2.15. The monoisotopic (exact) mass is 730 g/mol. The van der Waals surface area contributed by atoms with E-state index >= 15 is 0 Å². The number of fused-ring (bicyclic) bond motifs is 7. The third-order valence-electron chi connectivity index (χ3n) is 11.1. The lowest BCUT2D eigenvalue weighted by atomic mass is 9.82. The summed E-state index contributed by atoms with van der Waals surface area (Å²) in [4.78, 5) is 2.42. The normalized spacial score (nSPS) is 13.1. The minimum absolute atomic E-state index is 0.0530. The summed E-state index contributed by atoms with van der Waals surface area (Å²) in [7, 11) is 0. The van der Waals surface area contributed by atoms with E-state index in [1.165, 1.54) is 66.0 Å². The van der Waals surface area contributed by atoms with Crippen LogP contribution in [0.2, 0.25) is 0 Å². The van der Waals surface area contributed by atoms with Crippen molar-refractivity contribution in [3.8, 4) is 27.9 Å². The van der Waals surface area contributed by atoms with Gasteiger partial charge < -0.3 is 9.47 Å². The maximum Gasteiger partial charge on any atom is 0.0542 e. The van der Waals surface area contributed by atoms with Crippen molar-refractivity contribution in [1.29, 1.82) is 0 Å². The smallest absolute Gasteiger partial charge is 0.0542 e. The summed E-state index contributed by atoms with van der Waals surface area (Å²) >= 11 is 3.76. The van der Waals surface area contributed by atoms with Crippen molar-refractivity contribution in [2.75, 3.05) is 4.90 Å². The highest BCUT2D eigenvalue weighted by atomic mass is 79.9. The number of para-hydroxylation sites is 2. The largest absolute Gasteiger partial charge is 0.310 e. The minimum atomic E-state index is -0.0530. The first-order chi connectivity index (χ1) is 25.5. The fourth-order valence-corrected chi connectivity index (χ4v) is 9.03. The van der Waals surface area contributed by atoms with Gasteiger partial charge in [-0.15, -0.1) is 0 Å². The van der Waals surface area contributed by atoms with E-state index in [2.05, 4.69) is 215 Å². The van der Waals surface area contributed by atoms with E-state index in [-0.39, 0.29) is 5.41 Å². The van der Waals surface area contributed by atoms with Gasteiger partial charge in [0.05, 0.1) is 11.0 Å². The Bertz CT molecular complexity index is 2830. The molecule has 0 radical (unpaired) electrons. The lowest BCUT2D eigenvalue weighted by molar-refractivity contribution is 0.660. The van der Waals surface area contributed by atoms with E-state index in [9.17, 15) is 0 Å². The Hall–Kier alpha value is -5.90. The van der Waals surface area contributed by atoms with Gasteiger partial charge in [0.25, 0.3) is 0 Å². The molecule has 0 atom stereocenters. The average Bonchev–Trinajstić information content (AvgIpc) is 3.64. The summed E-state index contributed by atoms with van der Waals surface area (Å²) in [6.45, 7) is 4.69. The molecule has 0 saturated heterocycles. The van der Waals surface area contributed by atoms with Crippen LogP contribution in [-0.2, 0) is 5.41 Å². The van der Waals surface area contributed by atoms with Gasteiger partial charge in [-0.2, -0.15) is 0 Å². The summed E-state index contributed by atoms with van der Waals surface area (Å²) in [6, 6.07) is 64.4. The number of nitrogens with zero attached hydrogens (tertiary/aromatic N) is 2. The zero-order valence-electron chi connectivity index (χ0n) is 29.0. The van der Waals surface area contributed by atoms with Gasteiger partial charge in [-0.05, 0) is 111 Å². The number of aromatic nitrogens is 1. The molecule has 0 fully saturated rings. The quantitative estimate of drug-likeness (QED) is 0.171. The van der Waals surface area contributed by atoms with Crippen LogP contribution < -0.4 is 4.90 Å². The maximum absolute atomic E-state index is 3.76. The third-order valence-corrected chi connectivity index (χ3v) is 11.8. The van der Waals surface area contributed by atoms with Gasteiger partial charge in [-0.1, -0.05) is 139 Å². The second kappa shape index (κ2) is 11.8. The van der Waals surface area contributed by atoms with Crippen LogP contribution in [0.5, 0.6) is 0 Å². The predicted octanol–water partition coefficient (Wildman–Crippen LogP) is 14.1. The molecule has 0 aliphatic heterocycles. The van der Waals surface area contributed by atoms with Crippen LogP contribution in [0.3, 0.4) is 0 Å². The second-order valence-corrected chi connectivity index (χ2v) is 15.2. The standard InChI is InChI=1S/C49H35BrN2/c1-49(2)44-18-10-8-15-39(44)42-30-35(24-27-45(42)49)51(34-22-20-32(21-23-34)37-26-28-46(50)40-16-7-6-14-38(37)40)36-25-29-48-43(31-36)41-17-9-11-19-47(41)52(48)33-12-4-3-5-13-33/h3-31H,1-2H3. The Morgan fingerprint density at radius 1 is 0.442 bits per heavy atom. The molecule has 1 heterocycles. The molecule has 2 nitrogen and oxygen atoms in total. The highest BCUT2D eigenvalue weighted by molar-refractivity contribution is 9.10. The molecular formula is C49H35BrN2. The van der Waals surface area contributed by atoms with E-state index < -0.39 is 0 Å². The van der Waals surface area contributed by atoms with E-state index in [0.29, 0.717) is 0 Å². The van der Waals surface area contributed by atoms with E-state index in [1.807, 2.05) is 0 Å². The van der Waals surface area contributed by atoms with E-state index in [0.717, 1.165) is 27.2 Å². The van der Waals surface area contributed by atoms with Crippen LogP contribution in [0.4, 0.5) is 17.1 Å². The number of hydrogen-bond donors (Lipinski definition) is 0. The summed E-state index contributed by atoms with van der Waals surface area (Å²) in [5, 5.41) is 4.93. The minimum Gasteiger partial charge on any atom is -0.310 e. The molecule has 10 rings (SSSR count). The van der Waals surface area contributed by atoms with Crippen molar-refractivity contribution >= 4 is 65.6 Å². The molecule has 248 valence electrons. The van der Waals surface area contributed by atoms with Crippen molar-refractivity contribution in [1.82, 2.24) is 4.57 Å². The van der Waals surface area contributed by atoms with E-state index in [1.54, 1.807) is 0 Å². The van der Waals surface area contributed by atoms with Gasteiger partial charge in [0.15, 0.2) is 0 Å². The predicted molar refractivity (Wildman–Crippen MR) is 224 cm³/mol. The van der Waals surface area contributed by atoms with Crippen molar-refractivity contribution in [3.05, 3.63) is 192 Å². The van der Waals surface area contributed by atoms with Crippen LogP contribution in [0, 0.1) is 0 Å². The molecule has 0 amide bonds. The lowest BCUT2D eigenvalue weighted by Gasteiger charge is -2.27. The molecule has 52 heavy (non-hydrogen) atoms. The summed E-state index contributed by atoms with van der Waals surface area (Å²) in [6.07, 6.45) is 0. The van der Waals surface area contributed by atoms with Crippen LogP contribution in [0.15, 0.2) is 180 Å². The zero-order chi connectivity index (χ0) is 35.0. The fraction of sp³-hybridized carbons (Fsp3) is 0.0612. The van der Waals surface area contributed by atoms with Crippen LogP contribution >= 0.6 is 15.9 Å². The topological polar surface area (TPSA) is 8.17 Å². The van der Waals surface area contributed by atoms with E-state index in [4.69, 9.17) is 0 Å². The highest BCUT2D eigenvalue weighted by Crippen LogP contribution is 2.51. The first-order valence-corrected chi connectivity index (χ1v) is 18.7. The number of benzene rings is 8. The van der Waals surface area contributed by atoms with Gasteiger partial charge in [0, 0.05) is 43.4 Å². The molecule has 1 aliphatic carbocycles. The van der Waals surface area contributed by atoms with Crippen molar-refractivity contribution < 1.29 is 0 Å². The second-order valence-electron chi connectivity index (χ2n) is 14.3. The molecule has 0 bridgehead atoms. The first-order valence-electron chi connectivity index (χ1n) is 17.9. The molecule has 3 heteroatoms. The Labute approximate surface area is 312 Å². The molecule has 1 aromatic heterocycles.